The van der Waals surface area contributed by atoms with Gasteiger partial charge in [0, 0.05) is 10.0 Å². The van der Waals surface area contributed by atoms with Crippen LogP contribution in [0, 0.1) is 4.91 Å². The molecule has 0 aromatic heterocycles. The number of halogens is 1. The molecule has 0 atom stereocenters. The summed E-state index contributed by atoms with van der Waals surface area (Å²) in [6.45, 7) is 2.56. The molecule has 0 bridgehead atoms. The summed E-state index contributed by atoms with van der Waals surface area (Å²) in [5, 5.41) is 2.26. The van der Waals surface area contributed by atoms with Crippen LogP contribution in [0.25, 0.3) is 11.1 Å². The van der Waals surface area contributed by atoms with Gasteiger partial charge in [-0.1, -0.05) is 66.0 Å². The third-order valence-electron chi connectivity index (χ3n) is 3.14. The Kier molecular flexibility index (Phi) is 9.71. The summed E-state index contributed by atoms with van der Waals surface area (Å²) in [5.74, 6) is 0.885. The van der Waals surface area contributed by atoms with Gasteiger partial charge in [-0.05, 0) is 30.2 Å². The van der Waals surface area contributed by atoms with Crippen LogP contribution in [0.3, 0.4) is 0 Å². The van der Waals surface area contributed by atoms with Crippen molar-refractivity contribution in [3.8, 4) is 16.9 Å². The Balaban J connectivity index is 0.000000284. The van der Waals surface area contributed by atoms with E-state index < -0.39 is 0 Å². The summed E-state index contributed by atoms with van der Waals surface area (Å²) < 4.78 is 6.38. The Morgan fingerprint density at radius 2 is 1.83 bits per heavy atom. The minimum absolute atomic E-state index is 0.470. The molecule has 124 valence electrons. The van der Waals surface area contributed by atoms with Gasteiger partial charge in [0.15, 0.2) is 5.34 Å². The highest BCUT2D eigenvalue weighted by molar-refractivity contribution is 9.10. The standard InChI is InChI=1S/C13H11BrO.C5H11NO2/c1-15-13-9-11(14)7-8-12(13)10-5-3-2-4-6-10;1-2-3-4-5-8-6-7/h2-9H,1H3;2-5H2,1H3. The SMILES string of the molecule is CCCCCON=O.COc1cc(Br)ccc1-c1ccccc1. The Morgan fingerprint density at radius 3 is 2.43 bits per heavy atom. The minimum Gasteiger partial charge on any atom is -0.496 e. The molecule has 0 aliphatic heterocycles. The molecule has 0 saturated carbocycles. The number of hydrogen-bond donors (Lipinski definition) is 0. The van der Waals surface area contributed by atoms with E-state index in [4.69, 9.17) is 4.74 Å². The number of hydrogen-bond acceptors (Lipinski definition) is 4. The van der Waals surface area contributed by atoms with Gasteiger partial charge in [-0.3, -0.25) is 0 Å². The molecular weight excluding hydrogens is 358 g/mol. The first kappa shape index (κ1) is 19.2. The molecule has 0 unspecified atom stereocenters. The summed E-state index contributed by atoms with van der Waals surface area (Å²) in [5.41, 5.74) is 2.28. The molecule has 23 heavy (non-hydrogen) atoms. The highest BCUT2D eigenvalue weighted by Gasteiger charge is 2.04. The van der Waals surface area contributed by atoms with Crippen LogP contribution >= 0.6 is 15.9 Å². The number of nitrogens with zero attached hydrogens (tertiary/aromatic N) is 1. The average molecular weight is 380 g/mol. The predicted molar refractivity (Wildman–Crippen MR) is 97.4 cm³/mol. The van der Waals surface area contributed by atoms with Crippen molar-refractivity contribution in [2.75, 3.05) is 13.7 Å². The van der Waals surface area contributed by atoms with Crippen LogP contribution < -0.4 is 4.74 Å². The van der Waals surface area contributed by atoms with Crippen LogP contribution in [0.4, 0.5) is 0 Å². The molecule has 2 rings (SSSR count). The van der Waals surface area contributed by atoms with Crippen LogP contribution in [0.1, 0.15) is 26.2 Å². The van der Waals surface area contributed by atoms with Crippen molar-refractivity contribution in [2.24, 2.45) is 5.34 Å². The van der Waals surface area contributed by atoms with E-state index in [-0.39, 0.29) is 0 Å². The molecule has 0 heterocycles. The third kappa shape index (κ3) is 7.28. The third-order valence-corrected chi connectivity index (χ3v) is 3.63. The van der Waals surface area contributed by atoms with Gasteiger partial charge in [0.2, 0.25) is 0 Å². The number of benzene rings is 2. The fourth-order valence-corrected chi connectivity index (χ4v) is 2.32. The smallest absolute Gasteiger partial charge is 0.155 e. The van der Waals surface area contributed by atoms with E-state index in [9.17, 15) is 4.91 Å². The van der Waals surface area contributed by atoms with Crippen molar-refractivity contribution in [1.29, 1.82) is 0 Å². The molecule has 0 aliphatic carbocycles. The summed E-state index contributed by atoms with van der Waals surface area (Å²) in [6.07, 6.45) is 3.18. The zero-order valence-corrected chi connectivity index (χ0v) is 15.1. The Hall–Kier alpha value is -1.88. The first-order chi connectivity index (χ1) is 11.2. The van der Waals surface area contributed by atoms with E-state index in [0.717, 1.165) is 35.0 Å². The largest absolute Gasteiger partial charge is 0.496 e. The van der Waals surface area contributed by atoms with E-state index in [1.807, 2.05) is 30.3 Å². The van der Waals surface area contributed by atoms with Gasteiger partial charge in [0.05, 0.1) is 7.11 Å². The molecule has 0 N–H and O–H groups in total. The minimum atomic E-state index is 0.470. The van der Waals surface area contributed by atoms with Gasteiger partial charge in [-0.25, -0.2) is 0 Å². The molecule has 5 heteroatoms. The van der Waals surface area contributed by atoms with E-state index in [2.05, 4.69) is 51.2 Å². The van der Waals surface area contributed by atoms with Crippen LogP contribution in [0.15, 0.2) is 58.3 Å². The average Bonchev–Trinajstić information content (AvgIpc) is 2.60. The molecule has 2 aromatic rings. The molecule has 0 amide bonds. The van der Waals surface area contributed by atoms with E-state index in [0.29, 0.717) is 6.61 Å². The number of methoxy groups -OCH3 is 1. The Morgan fingerprint density at radius 1 is 1.09 bits per heavy atom. The van der Waals surface area contributed by atoms with Crippen molar-refractivity contribution in [2.45, 2.75) is 26.2 Å². The lowest BCUT2D eigenvalue weighted by atomic mass is 10.1. The molecule has 4 nitrogen and oxygen atoms in total. The quantitative estimate of drug-likeness (QED) is 0.336. The van der Waals surface area contributed by atoms with Crippen LogP contribution in [-0.2, 0) is 4.84 Å². The highest BCUT2D eigenvalue weighted by atomic mass is 79.9. The maximum atomic E-state index is 9.30. The first-order valence-corrected chi connectivity index (χ1v) is 8.35. The van der Waals surface area contributed by atoms with Crippen LogP contribution in [0.2, 0.25) is 0 Å². The second kappa shape index (κ2) is 11.7. The van der Waals surface area contributed by atoms with Gasteiger partial charge < -0.3 is 9.57 Å². The molecule has 2 aromatic carbocycles. The lowest BCUT2D eigenvalue weighted by Gasteiger charge is -2.08. The van der Waals surface area contributed by atoms with Gasteiger partial charge >= 0.3 is 0 Å². The number of ether oxygens (including phenoxy) is 1. The monoisotopic (exact) mass is 379 g/mol. The van der Waals surface area contributed by atoms with Crippen molar-refractivity contribution in [1.82, 2.24) is 0 Å². The summed E-state index contributed by atoms with van der Waals surface area (Å²) in [4.78, 5) is 13.5. The molecule has 0 aliphatic rings. The van der Waals surface area contributed by atoms with Crippen molar-refractivity contribution in [3.63, 3.8) is 0 Å². The maximum absolute atomic E-state index is 9.30. The van der Waals surface area contributed by atoms with Crippen molar-refractivity contribution in [3.05, 3.63) is 57.9 Å². The second-order valence-corrected chi connectivity index (χ2v) is 5.74. The number of unbranched alkanes of at least 4 members (excludes halogenated alkanes) is 2. The van der Waals surface area contributed by atoms with E-state index in [1.54, 1.807) is 7.11 Å². The maximum Gasteiger partial charge on any atom is 0.155 e. The highest BCUT2D eigenvalue weighted by Crippen LogP contribution is 2.32. The van der Waals surface area contributed by atoms with Gasteiger partial charge in [-0.2, -0.15) is 0 Å². The molecular formula is C18H22BrNO3. The summed E-state index contributed by atoms with van der Waals surface area (Å²) in [6, 6.07) is 16.3. The molecule has 0 spiro atoms. The van der Waals surface area contributed by atoms with Gasteiger partial charge in [0.25, 0.3) is 0 Å². The fraction of sp³-hybridized carbons (Fsp3) is 0.333. The lowest BCUT2D eigenvalue weighted by Crippen LogP contribution is -1.87. The van der Waals surface area contributed by atoms with Crippen LogP contribution in [0.5, 0.6) is 5.75 Å². The number of rotatable bonds is 7. The van der Waals surface area contributed by atoms with Gasteiger partial charge in [-0.15, -0.1) is 4.91 Å². The summed E-state index contributed by atoms with van der Waals surface area (Å²) in [7, 11) is 1.69. The van der Waals surface area contributed by atoms with Crippen LogP contribution in [-0.4, -0.2) is 13.7 Å². The van der Waals surface area contributed by atoms with Crippen molar-refractivity contribution >= 4 is 15.9 Å². The zero-order chi connectivity index (χ0) is 16.9. The normalized spacial score (nSPS) is 9.52. The molecule has 0 saturated heterocycles. The Bertz CT molecular complexity index is 576. The predicted octanol–water partition coefficient (Wildman–Crippen LogP) is 6.00. The Labute approximate surface area is 145 Å². The summed E-state index contributed by atoms with van der Waals surface area (Å²) >= 11 is 3.43. The lowest BCUT2D eigenvalue weighted by molar-refractivity contribution is 0.135. The molecule has 0 radical (unpaired) electrons. The van der Waals surface area contributed by atoms with E-state index in [1.165, 1.54) is 5.56 Å². The zero-order valence-electron chi connectivity index (χ0n) is 13.5. The van der Waals surface area contributed by atoms with Gasteiger partial charge in [0.1, 0.15) is 12.4 Å². The topological polar surface area (TPSA) is 47.9 Å². The first-order valence-electron chi connectivity index (χ1n) is 7.56. The van der Waals surface area contributed by atoms with Crippen molar-refractivity contribution < 1.29 is 9.57 Å². The second-order valence-electron chi connectivity index (χ2n) is 4.83. The fourth-order valence-electron chi connectivity index (χ4n) is 1.98. The molecule has 0 fully saturated rings. The van der Waals surface area contributed by atoms with E-state index >= 15 is 0 Å².